The fourth-order valence-electron chi connectivity index (χ4n) is 2.82. The lowest BCUT2D eigenvalue weighted by atomic mass is 10.3. The molecule has 0 N–H and O–H groups in total. The Bertz CT molecular complexity index is 648. The summed E-state index contributed by atoms with van der Waals surface area (Å²) in [5, 5.41) is 0. The quantitative estimate of drug-likeness (QED) is 0.432. The fourth-order valence-corrected chi connectivity index (χ4v) is 4.75. The minimum Gasteiger partial charge on any atom is -0.491 e. The molecule has 0 amide bonds. The van der Waals surface area contributed by atoms with E-state index in [4.69, 9.17) is 14.2 Å². The van der Waals surface area contributed by atoms with Gasteiger partial charge in [-0.1, -0.05) is 0 Å². The summed E-state index contributed by atoms with van der Waals surface area (Å²) in [5.41, 5.74) is 0. The topological polar surface area (TPSA) is 68.3 Å². The predicted molar refractivity (Wildman–Crippen MR) is 108 cm³/mol. The van der Waals surface area contributed by atoms with Crippen LogP contribution in [0.3, 0.4) is 0 Å². The molecule has 0 bridgehead atoms. The van der Waals surface area contributed by atoms with Crippen LogP contribution in [-0.2, 0) is 19.5 Å². The number of rotatable bonds is 11. The molecule has 27 heavy (non-hydrogen) atoms. The zero-order valence-corrected chi connectivity index (χ0v) is 17.8. The van der Waals surface area contributed by atoms with Crippen LogP contribution in [0.5, 0.6) is 5.75 Å². The third-order valence-corrected chi connectivity index (χ3v) is 7.04. The zero-order valence-electron chi connectivity index (χ0n) is 16.0. The van der Waals surface area contributed by atoms with Crippen molar-refractivity contribution in [2.24, 2.45) is 0 Å². The van der Waals surface area contributed by atoms with Gasteiger partial charge in [-0.25, -0.2) is 8.42 Å². The molecule has 2 rings (SSSR count). The first kappa shape index (κ1) is 22.4. The third-order valence-electron chi connectivity index (χ3n) is 4.48. The number of thiol groups is 1. The van der Waals surface area contributed by atoms with E-state index in [2.05, 4.69) is 17.5 Å². The van der Waals surface area contributed by atoms with Crippen molar-refractivity contribution in [3.8, 4) is 5.75 Å². The summed E-state index contributed by atoms with van der Waals surface area (Å²) in [7, 11) is -2.00. The van der Waals surface area contributed by atoms with Gasteiger partial charge in [-0.2, -0.15) is 16.9 Å². The lowest BCUT2D eigenvalue weighted by Crippen LogP contribution is -2.46. The fraction of sp³-hybridized carbons (Fsp3) is 0.667. The minimum absolute atomic E-state index is 0.197. The van der Waals surface area contributed by atoms with Crippen molar-refractivity contribution < 1.29 is 22.6 Å². The van der Waals surface area contributed by atoms with Crippen LogP contribution in [-0.4, -0.2) is 89.1 Å². The molecule has 1 saturated heterocycles. The van der Waals surface area contributed by atoms with Gasteiger partial charge in [0.15, 0.2) is 0 Å². The molecule has 0 unspecified atom stereocenters. The molecule has 1 aliphatic heterocycles. The number of ether oxygens (including phenoxy) is 3. The summed E-state index contributed by atoms with van der Waals surface area (Å²) in [6.07, 6.45) is 0. The van der Waals surface area contributed by atoms with Crippen molar-refractivity contribution in [1.82, 2.24) is 9.21 Å². The van der Waals surface area contributed by atoms with Crippen LogP contribution >= 0.6 is 12.6 Å². The molecule has 9 heteroatoms. The highest BCUT2D eigenvalue weighted by Gasteiger charge is 2.29. The third kappa shape index (κ3) is 6.62. The molecular weight excluding hydrogens is 388 g/mol. The first-order valence-electron chi connectivity index (χ1n) is 9.13. The number of hydrogen-bond acceptors (Lipinski definition) is 7. The van der Waals surface area contributed by atoms with Crippen molar-refractivity contribution >= 4 is 22.7 Å². The Morgan fingerprint density at radius 2 is 1.89 bits per heavy atom. The summed E-state index contributed by atoms with van der Waals surface area (Å²) in [5.74, 6) is 1.08. The summed E-state index contributed by atoms with van der Waals surface area (Å²) in [6.45, 7) is 6.94. The second-order valence-corrected chi connectivity index (χ2v) is 8.67. The smallest absolute Gasteiger partial charge is 0.243 e. The number of benzene rings is 1. The van der Waals surface area contributed by atoms with Crippen LogP contribution in [0.15, 0.2) is 29.2 Å². The van der Waals surface area contributed by atoms with Gasteiger partial charge in [0.1, 0.15) is 12.4 Å². The molecule has 1 heterocycles. The van der Waals surface area contributed by atoms with Gasteiger partial charge in [-0.3, -0.25) is 4.90 Å². The van der Waals surface area contributed by atoms with E-state index in [1.165, 1.54) is 4.31 Å². The summed E-state index contributed by atoms with van der Waals surface area (Å²) in [6, 6.07) is 6.33. The van der Waals surface area contributed by atoms with Gasteiger partial charge < -0.3 is 14.2 Å². The lowest BCUT2D eigenvalue weighted by Gasteiger charge is -2.32. The molecule has 0 radical (unpaired) electrons. The molecule has 0 aliphatic carbocycles. The molecule has 1 aliphatic rings. The minimum atomic E-state index is -3.61. The van der Waals surface area contributed by atoms with Crippen molar-refractivity contribution in [3.63, 3.8) is 0 Å². The number of methoxy groups -OCH3 is 1. The van der Waals surface area contributed by atoms with Gasteiger partial charge in [0.05, 0.1) is 24.7 Å². The maximum Gasteiger partial charge on any atom is 0.243 e. The highest BCUT2D eigenvalue weighted by Crippen LogP contribution is 2.22. The molecular formula is C18H30N2O5S2. The first-order valence-corrected chi connectivity index (χ1v) is 11.2. The van der Waals surface area contributed by atoms with E-state index < -0.39 is 10.0 Å². The van der Waals surface area contributed by atoms with E-state index in [-0.39, 0.29) is 10.9 Å². The van der Waals surface area contributed by atoms with Gasteiger partial charge in [0.25, 0.3) is 0 Å². The summed E-state index contributed by atoms with van der Waals surface area (Å²) >= 11 is 4.31. The Kier molecular flexibility index (Phi) is 9.34. The van der Waals surface area contributed by atoms with E-state index in [1.807, 2.05) is 6.92 Å². The standard InChI is InChI=1S/C18H30N2O5S2/c1-16(15-26)20(8-7-19-9-11-24-12-10-19)27(21,22)18-5-3-17(4-6-18)25-14-13-23-2/h3-6,16,26H,7-15H2,1-2H3/t16-/m1/s1. The van der Waals surface area contributed by atoms with Crippen LogP contribution in [0, 0.1) is 0 Å². The second-order valence-electron chi connectivity index (χ2n) is 6.41. The number of morpholine rings is 1. The van der Waals surface area contributed by atoms with Crippen LogP contribution in [0.25, 0.3) is 0 Å². The highest BCUT2D eigenvalue weighted by atomic mass is 32.2. The Morgan fingerprint density at radius 3 is 2.48 bits per heavy atom. The number of nitrogens with zero attached hydrogens (tertiary/aromatic N) is 2. The molecule has 154 valence electrons. The van der Waals surface area contributed by atoms with Crippen molar-refractivity contribution in [3.05, 3.63) is 24.3 Å². The lowest BCUT2D eigenvalue weighted by molar-refractivity contribution is 0.0357. The van der Waals surface area contributed by atoms with E-state index in [0.717, 1.165) is 13.1 Å². The van der Waals surface area contributed by atoms with Crippen LogP contribution in [0.2, 0.25) is 0 Å². The van der Waals surface area contributed by atoms with Crippen LogP contribution < -0.4 is 4.74 Å². The normalized spacial score (nSPS) is 17.2. The molecule has 1 aromatic carbocycles. The van der Waals surface area contributed by atoms with E-state index in [9.17, 15) is 8.42 Å². The average Bonchev–Trinajstić information content (AvgIpc) is 2.69. The predicted octanol–water partition coefficient (Wildman–Crippen LogP) is 1.35. The zero-order chi connectivity index (χ0) is 19.7. The molecule has 1 fully saturated rings. The maximum absolute atomic E-state index is 13.2. The summed E-state index contributed by atoms with van der Waals surface area (Å²) in [4.78, 5) is 2.49. The molecule has 7 nitrogen and oxygen atoms in total. The molecule has 0 aromatic heterocycles. The maximum atomic E-state index is 13.2. The van der Waals surface area contributed by atoms with Crippen LogP contribution in [0.1, 0.15) is 6.92 Å². The average molecular weight is 419 g/mol. The SMILES string of the molecule is COCCOc1ccc(S(=O)(=O)N(CCN2CCOCC2)[C@H](C)CS)cc1. The van der Waals surface area contributed by atoms with E-state index >= 15 is 0 Å². The van der Waals surface area contributed by atoms with Crippen molar-refractivity contribution in [2.75, 3.05) is 65.5 Å². The highest BCUT2D eigenvalue weighted by molar-refractivity contribution is 7.89. The number of sulfonamides is 1. The molecule has 0 spiro atoms. The second kappa shape index (κ2) is 11.2. The van der Waals surface area contributed by atoms with Gasteiger partial charge in [0.2, 0.25) is 10.0 Å². The molecule has 1 atom stereocenters. The number of hydrogen-bond donors (Lipinski definition) is 1. The molecule has 1 aromatic rings. The monoisotopic (exact) mass is 418 g/mol. The van der Waals surface area contributed by atoms with E-state index in [0.29, 0.717) is 51.0 Å². The van der Waals surface area contributed by atoms with Gasteiger partial charge in [-0.05, 0) is 31.2 Å². The van der Waals surface area contributed by atoms with Crippen molar-refractivity contribution in [2.45, 2.75) is 17.9 Å². The first-order chi connectivity index (χ1) is 13.0. The van der Waals surface area contributed by atoms with E-state index in [1.54, 1.807) is 31.4 Å². The van der Waals surface area contributed by atoms with Gasteiger partial charge in [0, 0.05) is 45.1 Å². The Balaban J connectivity index is 2.07. The van der Waals surface area contributed by atoms with Crippen molar-refractivity contribution in [1.29, 1.82) is 0 Å². The van der Waals surface area contributed by atoms with Gasteiger partial charge in [-0.15, -0.1) is 0 Å². The summed E-state index contributed by atoms with van der Waals surface area (Å²) < 4.78 is 43.7. The Morgan fingerprint density at radius 1 is 1.22 bits per heavy atom. The molecule has 0 saturated carbocycles. The largest absolute Gasteiger partial charge is 0.491 e. The van der Waals surface area contributed by atoms with Crippen LogP contribution in [0.4, 0.5) is 0 Å². The Hall–Kier alpha value is -0.840. The van der Waals surface area contributed by atoms with Gasteiger partial charge >= 0.3 is 0 Å². The Labute approximate surface area is 168 Å².